The predicted octanol–water partition coefficient (Wildman–Crippen LogP) is 5.65. The van der Waals surface area contributed by atoms with Gasteiger partial charge in [-0.2, -0.15) is 0 Å². The van der Waals surface area contributed by atoms with E-state index in [2.05, 4.69) is 40.3 Å². The first-order chi connectivity index (χ1) is 10.2. The molecule has 0 aliphatic carbocycles. The third-order valence-corrected chi connectivity index (χ3v) is 5.26. The molecule has 1 aromatic carbocycles. The summed E-state index contributed by atoms with van der Waals surface area (Å²) < 4.78 is 13.4. The maximum Gasteiger partial charge on any atom is 0.126 e. The molecule has 0 fully saturated rings. The van der Waals surface area contributed by atoms with E-state index in [9.17, 15) is 4.39 Å². The highest BCUT2D eigenvalue weighted by Crippen LogP contribution is 2.29. The zero-order valence-corrected chi connectivity index (χ0v) is 13.3. The van der Waals surface area contributed by atoms with Crippen LogP contribution in [0.25, 0.3) is 0 Å². The van der Waals surface area contributed by atoms with E-state index >= 15 is 0 Å². The lowest BCUT2D eigenvalue weighted by atomic mass is 10.1. The van der Waals surface area contributed by atoms with Gasteiger partial charge in [-0.3, -0.25) is 0 Å². The molecule has 0 radical (unpaired) electrons. The predicted molar refractivity (Wildman–Crippen MR) is 89.8 cm³/mol. The van der Waals surface area contributed by atoms with Crippen LogP contribution in [0.2, 0.25) is 0 Å². The summed E-state index contributed by atoms with van der Waals surface area (Å²) in [6.45, 7) is 1.79. The molecule has 0 amide bonds. The summed E-state index contributed by atoms with van der Waals surface area (Å²) in [5.41, 5.74) is 1.63. The summed E-state index contributed by atoms with van der Waals surface area (Å²) in [6.07, 6.45) is 0.939. The first kappa shape index (κ1) is 14.3. The van der Waals surface area contributed by atoms with Crippen molar-refractivity contribution in [1.29, 1.82) is 0 Å². The second-order valence-electron chi connectivity index (χ2n) is 4.96. The Bertz CT molecular complexity index is 690. The van der Waals surface area contributed by atoms with Crippen LogP contribution in [0.3, 0.4) is 0 Å². The Morgan fingerprint density at radius 1 is 1.10 bits per heavy atom. The molecule has 2 heterocycles. The molecule has 21 heavy (non-hydrogen) atoms. The van der Waals surface area contributed by atoms with Gasteiger partial charge in [-0.15, -0.1) is 22.7 Å². The maximum absolute atomic E-state index is 13.4. The van der Waals surface area contributed by atoms with Crippen molar-refractivity contribution in [2.45, 2.75) is 19.4 Å². The van der Waals surface area contributed by atoms with Crippen LogP contribution in [0.4, 0.5) is 10.1 Å². The molecule has 1 unspecified atom stereocenters. The lowest BCUT2D eigenvalue weighted by Crippen LogP contribution is -2.12. The molecule has 0 aliphatic rings. The van der Waals surface area contributed by atoms with Crippen molar-refractivity contribution in [3.05, 3.63) is 74.4 Å². The Hall–Kier alpha value is -1.65. The number of nitrogens with one attached hydrogen (secondary N) is 1. The van der Waals surface area contributed by atoms with Crippen molar-refractivity contribution < 1.29 is 4.39 Å². The number of anilines is 1. The molecule has 1 N–H and O–H groups in total. The molecule has 1 nitrogen and oxygen atoms in total. The van der Waals surface area contributed by atoms with Gasteiger partial charge in [0.25, 0.3) is 0 Å². The summed E-state index contributed by atoms with van der Waals surface area (Å²) in [5.74, 6) is -0.161. The second kappa shape index (κ2) is 6.41. The summed E-state index contributed by atoms with van der Waals surface area (Å²) in [6, 6.07) is 13.9. The van der Waals surface area contributed by atoms with Crippen LogP contribution < -0.4 is 5.32 Å². The van der Waals surface area contributed by atoms with Gasteiger partial charge in [-0.05, 0) is 53.6 Å². The van der Waals surface area contributed by atoms with Gasteiger partial charge in [0.1, 0.15) is 5.82 Å². The number of halogens is 1. The third kappa shape index (κ3) is 3.52. The highest BCUT2D eigenvalue weighted by atomic mass is 32.1. The molecular weight excluding hydrogens is 301 g/mol. The normalized spacial score (nSPS) is 12.3. The Balaban J connectivity index is 1.83. The fourth-order valence-corrected chi connectivity index (χ4v) is 3.81. The number of benzene rings is 1. The van der Waals surface area contributed by atoms with Crippen LogP contribution in [0.5, 0.6) is 0 Å². The zero-order valence-electron chi connectivity index (χ0n) is 11.7. The fraction of sp³-hybridized carbons (Fsp3) is 0.176. The number of hydrogen-bond donors (Lipinski definition) is 1. The van der Waals surface area contributed by atoms with E-state index in [0.717, 1.165) is 12.1 Å². The van der Waals surface area contributed by atoms with Gasteiger partial charge in [-0.1, -0.05) is 12.1 Å². The third-order valence-electron chi connectivity index (χ3n) is 3.37. The average Bonchev–Trinajstić information content (AvgIpc) is 3.15. The number of rotatable bonds is 5. The molecule has 108 valence electrons. The van der Waals surface area contributed by atoms with Crippen LogP contribution in [0.1, 0.15) is 21.4 Å². The number of hydrogen-bond acceptors (Lipinski definition) is 3. The summed E-state index contributed by atoms with van der Waals surface area (Å²) in [4.78, 5) is 2.64. The minimum absolute atomic E-state index is 0.161. The lowest BCUT2D eigenvalue weighted by Gasteiger charge is -2.18. The Labute approximate surface area is 132 Å². The molecule has 2 aromatic heterocycles. The monoisotopic (exact) mass is 317 g/mol. The quantitative estimate of drug-likeness (QED) is 0.641. The first-order valence-electron chi connectivity index (χ1n) is 6.81. The van der Waals surface area contributed by atoms with Crippen molar-refractivity contribution in [2.75, 3.05) is 5.32 Å². The minimum atomic E-state index is -0.161. The largest absolute Gasteiger partial charge is 0.377 e. The second-order valence-corrected chi connectivity index (χ2v) is 6.97. The Morgan fingerprint density at radius 2 is 1.90 bits per heavy atom. The Kier molecular flexibility index (Phi) is 4.36. The first-order valence-corrected chi connectivity index (χ1v) is 8.57. The fourth-order valence-electron chi connectivity index (χ4n) is 2.28. The molecule has 0 spiro atoms. The summed E-state index contributed by atoms with van der Waals surface area (Å²) in [7, 11) is 0. The smallest absolute Gasteiger partial charge is 0.126 e. The van der Waals surface area contributed by atoms with Crippen LogP contribution >= 0.6 is 22.7 Å². The van der Waals surface area contributed by atoms with E-state index in [1.807, 2.05) is 6.07 Å². The molecular formula is C17H16FNS2. The molecule has 0 aliphatic heterocycles. The van der Waals surface area contributed by atoms with Crippen LogP contribution in [-0.4, -0.2) is 0 Å². The topological polar surface area (TPSA) is 12.0 Å². The van der Waals surface area contributed by atoms with Crippen molar-refractivity contribution in [3.8, 4) is 0 Å². The van der Waals surface area contributed by atoms with Gasteiger partial charge >= 0.3 is 0 Å². The highest BCUT2D eigenvalue weighted by Gasteiger charge is 2.14. The molecule has 3 rings (SSSR count). The molecule has 1 atom stereocenters. The van der Waals surface area contributed by atoms with Crippen LogP contribution in [0, 0.1) is 12.7 Å². The average molecular weight is 317 g/mol. The standard InChI is InChI=1S/C17H16FNS2/c1-12-10-13(6-7-15(12)18)19-16(17-5-3-9-21-17)11-14-4-2-8-20-14/h2-10,16,19H,11H2,1H3. The summed E-state index contributed by atoms with van der Waals surface area (Å²) >= 11 is 3.52. The van der Waals surface area contributed by atoms with Gasteiger partial charge in [0, 0.05) is 21.9 Å². The maximum atomic E-state index is 13.4. The van der Waals surface area contributed by atoms with Gasteiger partial charge in [0.05, 0.1) is 6.04 Å². The van der Waals surface area contributed by atoms with Crippen LogP contribution in [-0.2, 0) is 6.42 Å². The molecule has 3 aromatic rings. The van der Waals surface area contributed by atoms with Crippen molar-refractivity contribution in [2.24, 2.45) is 0 Å². The van der Waals surface area contributed by atoms with E-state index in [1.165, 1.54) is 15.8 Å². The lowest BCUT2D eigenvalue weighted by molar-refractivity contribution is 0.618. The zero-order chi connectivity index (χ0) is 14.7. The van der Waals surface area contributed by atoms with Gasteiger partial charge in [0.15, 0.2) is 0 Å². The minimum Gasteiger partial charge on any atom is -0.377 e. The van der Waals surface area contributed by atoms with Crippen LogP contribution in [0.15, 0.2) is 53.2 Å². The van der Waals surface area contributed by atoms with Gasteiger partial charge < -0.3 is 5.32 Å². The van der Waals surface area contributed by atoms with Crippen molar-refractivity contribution in [3.63, 3.8) is 0 Å². The Morgan fingerprint density at radius 3 is 2.57 bits per heavy atom. The van der Waals surface area contributed by atoms with E-state index in [0.29, 0.717) is 5.56 Å². The molecule has 0 saturated carbocycles. The van der Waals surface area contributed by atoms with Gasteiger partial charge in [0.2, 0.25) is 0 Å². The van der Waals surface area contributed by atoms with E-state index in [4.69, 9.17) is 0 Å². The summed E-state index contributed by atoms with van der Waals surface area (Å²) in [5, 5.41) is 7.73. The SMILES string of the molecule is Cc1cc(NC(Cc2cccs2)c2cccs2)ccc1F. The number of aryl methyl sites for hydroxylation is 1. The van der Waals surface area contributed by atoms with E-state index < -0.39 is 0 Å². The molecule has 0 saturated heterocycles. The molecule has 0 bridgehead atoms. The highest BCUT2D eigenvalue weighted by molar-refractivity contribution is 7.10. The van der Waals surface area contributed by atoms with Crippen molar-refractivity contribution in [1.82, 2.24) is 0 Å². The number of thiophene rings is 2. The van der Waals surface area contributed by atoms with E-state index in [1.54, 1.807) is 35.7 Å². The van der Waals surface area contributed by atoms with Gasteiger partial charge in [-0.25, -0.2) is 4.39 Å². The van der Waals surface area contributed by atoms with E-state index in [-0.39, 0.29) is 11.9 Å². The van der Waals surface area contributed by atoms with Crippen molar-refractivity contribution >= 4 is 28.4 Å². The molecule has 4 heteroatoms.